The summed E-state index contributed by atoms with van der Waals surface area (Å²) in [4.78, 5) is 22.7. The Balaban J connectivity index is 1.46. The van der Waals surface area contributed by atoms with Crippen LogP contribution in [0.25, 0.3) is 10.8 Å². The Kier molecular flexibility index (Phi) is 4.28. The predicted octanol–water partition coefficient (Wildman–Crippen LogP) is 3.25. The van der Waals surface area contributed by atoms with E-state index in [1.165, 1.54) is 4.88 Å². The van der Waals surface area contributed by atoms with Crippen molar-refractivity contribution in [2.24, 2.45) is 0 Å². The smallest absolute Gasteiger partial charge is 0.254 e. The van der Waals surface area contributed by atoms with Crippen molar-refractivity contribution in [3.8, 4) is 0 Å². The molecule has 0 radical (unpaired) electrons. The Morgan fingerprint density at radius 3 is 2.62 bits per heavy atom. The van der Waals surface area contributed by atoms with Crippen LogP contribution in [0.15, 0.2) is 54.2 Å². The zero-order chi connectivity index (χ0) is 16.4. The van der Waals surface area contributed by atoms with Crippen LogP contribution < -0.4 is 0 Å². The third-order valence-corrected chi connectivity index (χ3v) is 5.31. The number of benzene rings is 2. The highest BCUT2D eigenvalue weighted by atomic mass is 32.1. The number of rotatable bonds is 3. The molecule has 0 atom stereocenters. The van der Waals surface area contributed by atoms with Crippen LogP contribution in [0.4, 0.5) is 0 Å². The van der Waals surface area contributed by atoms with E-state index in [1.54, 1.807) is 11.3 Å². The van der Waals surface area contributed by atoms with Gasteiger partial charge in [-0.05, 0) is 16.8 Å². The Bertz CT molecular complexity index is 833. The highest BCUT2D eigenvalue weighted by Crippen LogP contribution is 2.21. The number of fused-ring (bicyclic) bond motifs is 1. The summed E-state index contributed by atoms with van der Waals surface area (Å²) < 4.78 is 0. The molecule has 0 N–H and O–H groups in total. The average molecular weight is 337 g/mol. The van der Waals surface area contributed by atoms with Gasteiger partial charge < -0.3 is 4.90 Å². The molecule has 4 nitrogen and oxygen atoms in total. The molecule has 0 bridgehead atoms. The Labute approximate surface area is 145 Å². The van der Waals surface area contributed by atoms with E-state index in [1.807, 2.05) is 46.9 Å². The highest BCUT2D eigenvalue weighted by molar-refractivity contribution is 7.09. The molecular formula is C19H19N3OS. The predicted molar refractivity (Wildman–Crippen MR) is 97.2 cm³/mol. The maximum Gasteiger partial charge on any atom is 0.254 e. The van der Waals surface area contributed by atoms with Gasteiger partial charge in [-0.3, -0.25) is 14.7 Å². The lowest BCUT2D eigenvalue weighted by molar-refractivity contribution is 0.0631. The first-order valence-corrected chi connectivity index (χ1v) is 9.06. The van der Waals surface area contributed by atoms with Gasteiger partial charge in [0.2, 0.25) is 0 Å². The first-order chi connectivity index (χ1) is 11.8. The quantitative estimate of drug-likeness (QED) is 0.736. The molecule has 3 aromatic rings. The molecule has 1 aliphatic heterocycles. The molecule has 122 valence electrons. The fraction of sp³-hybridized carbons (Fsp3) is 0.263. The number of nitrogens with zero attached hydrogens (tertiary/aromatic N) is 3. The summed E-state index contributed by atoms with van der Waals surface area (Å²) in [7, 11) is 0. The fourth-order valence-electron chi connectivity index (χ4n) is 3.23. The average Bonchev–Trinajstić information content (AvgIpc) is 3.14. The summed E-state index contributed by atoms with van der Waals surface area (Å²) in [6.07, 6.45) is 1.93. The molecule has 0 aliphatic carbocycles. The first-order valence-electron chi connectivity index (χ1n) is 8.18. The zero-order valence-corrected chi connectivity index (χ0v) is 14.2. The van der Waals surface area contributed by atoms with Gasteiger partial charge in [0.05, 0.1) is 5.51 Å². The van der Waals surface area contributed by atoms with Gasteiger partial charge in [0.25, 0.3) is 5.91 Å². The van der Waals surface area contributed by atoms with Gasteiger partial charge >= 0.3 is 0 Å². The molecule has 24 heavy (non-hydrogen) atoms. The van der Waals surface area contributed by atoms with Crippen LogP contribution >= 0.6 is 11.3 Å². The number of carbonyl (C=O) groups is 1. The molecule has 4 rings (SSSR count). The van der Waals surface area contributed by atoms with E-state index in [2.05, 4.69) is 22.0 Å². The SMILES string of the molecule is O=C(c1cccc2ccccc12)N1CCN(Cc2cncs2)CC1. The molecule has 0 unspecified atom stereocenters. The molecule has 5 heteroatoms. The summed E-state index contributed by atoms with van der Waals surface area (Å²) >= 11 is 1.69. The minimum Gasteiger partial charge on any atom is -0.336 e. The van der Waals surface area contributed by atoms with Crippen LogP contribution in [0.2, 0.25) is 0 Å². The summed E-state index contributed by atoms with van der Waals surface area (Å²) in [6, 6.07) is 14.0. The van der Waals surface area contributed by atoms with E-state index in [-0.39, 0.29) is 5.91 Å². The van der Waals surface area contributed by atoms with Crippen molar-refractivity contribution in [2.75, 3.05) is 26.2 Å². The largest absolute Gasteiger partial charge is 0.336 e. The number of thiazole rings is 1. The maximum absolute atomic E-state index is 12.9. The third kappa shape index (κ3) is 3.05. The number of amides is 1. The van der Waals surface area contributed by atoms with Crippen molar-refractivity contribution in [3.63, 3.8) is 0 Å². The molecule has 2 heterocycles. The summed E-state index contributed by atoms with van der Waals surface area (Å²) in [5.74, 6) is 0.143. The topological polar surface area (TPSA) is 36.4 Å². The normalized spacial score (nSPS) is 15.8. The van der Waals surface area contributed by atoms with E-state index < -0.39 is 0 Å². The second kappa shape index (κ2) is 6.71. The van der Waals surface area contributed by atoms with Gasteiger partial charge in [0.1, 0.15) is 0 Å². The Hall–Kier alpha value is -2.24. The standard InChI is InChI=1S/C19H19N3OS/c23-19(18-7-3-5-15-4-1-2-6-17(15)18)22-10-8-21(9-11-22)13-16-12-20-14-24-16/h1-7,12,14H,8-11,13H2. The van der Waals surface area contributed by atoms with Crippen molar-refractivity contribution in [1.82, 2.24) is 14.8 Å². The Morgan fingerprint density at radius 2 is 1.83 bits per heavy atom. The van der Waals surface area contributed by atoms with Crippen molar-refractivity contribution in [1.29, 1.82) is 0 Å². The lowest BCUT2D eigenvalue weighted by Gasteiger charge is -2.34. The van der Waals surface area contributed by atoms with Crippen LogP contribution in [0.5, 0.6) is 0 Å². The zero-order valence-electron chi connectivity index (χ0n) is 13.4. The molecule has 2 aromatic carbocycles. The number of hydrogen-bond acceptors (Lipinski definition) is 4. The van der Waals surface area contributed by atoms with Crippen molar-refractivity contribution >= 4 is 28.0 Å². The minimum atomic E-state index is 0.143. The van der Waals surface area contributed by atoms with E-state index in [0.717, 1.165) is 49.1 Å². The summed E-state index contributed by atoms with van der Waals surface area (Å²) in [5.41, 5.74) is 2.68. The highest BCUT2D eigenvalue weighted by Gasteiger charge is 2.23. The van der Waals surface area contributed by atoms with Crippen LogP contribution in [0, 0.1) is 0 Å². The van der Waals surface area contributed by atoms with E-state index in [9.17, 15) is 4.79 Å². The molecule has 0 saturated carbocycles. The lowest BCUT2D eigenvalue weighted by atomic mass is 10.0. The summed E-state index contributed by atoms with van der Waals surface area (Å²) in [5, 5.41) is 2.16. The molecule has 1 saturated heterocycles. The van der Waals surface area contributed by atoms with E-state index >= 15 is 0 Å². The second-order valence-corrected chi connectivity index (χ2v) is 7.03. The van der Waals surface area contributed by atoms with Crippen molar-refractivity contribution in [2.45, 2.75) is 6.54 Å². The van der Waals surface area contributed by atoms with Gasteiger partial charge in [-0.15, -0.1) is 11.3 Å². The van der Waals surface area contributed by atoms with Crippen LogP contribution in [-0.4, -0.2) is 46.9 Å². The van der Waals surface area contributed by atoms with E-state index in [0.29, 0.717) is 0 Å². The monoisotopic (exact) mass is 337 g/mol. The van der Waals surface area contributed by atoms with Gasteiger partial charge in [0, 0.05) is 49.4 Å². The number of hydrogen-bond donors (Lipinski definition) is 0. The molecule has 1 aromatic heterocycles. The lowest BCUT2D eigenvalue weighted by Crippen LogP contribution is -2.48. The van der Waals surface area contributed by atoms with E-state index in [4.69, 9.17) is 0 Å². The molecule has 1 fully saturated rings. The van der Waals surface area contributed by atoms with Gasteiger partial charge in [-0.2, -0.15) is 0 Å². The van der Waals surface area contributed by atoms with Crippen LogP contribution in [-0.2, 0) is 6.54 Å². The van der Waals surface area contributed by atoms with Crippen molar-refractivity contribution < 1.29 is 4.79 Å². The van der Waals surface area contributed by atoms with Gasteiger partial charge in [0.15, 0.2) is 0 Å². The molecule has 1 aliphatic rings. The number of carbonyl (C=O) groups excluding carboxylic acids is 1. The molecule has 0 spiro atoms. The molecule has 1 amide bonds. The van der Waals surface area contributed by atoms with Gasteiger partial charge in [-0.25, -0.2) is 0 Å². The minimum absolute atomic E-state index is 0.143. The first kappa shape index (κ1) is 15.3. The molecular weight excluding hydrogens is 318 g/mol. The fourth-order valence-corrected chi connectivity index (χ4v) is 3.87. The number of piperazine rings is 1. The van der Waals surface area contributed by atoms with Crippen molar-refractivity contribution in [3.05, 3.63) is 64.6 Å². The van der Waals surface area contributed by atoms with Crippen LogP contribution in [0.1, 0.15) is 15.2 Å². The number of aromatic nitrogens is 1. The summed E-state index contributed by atoms with van der Waals surface area (Å²) in [6.45, 7) is 4.31. The van der Waals surface area contributed by atoms with Crippen LogP contribution in [0.3, 0.4) is 0 Å². The van der Waals surface area contributed by atoms with Gasteiger partial charge in [-0.1, -0.05) is 36.4 Å². The Morgan fingerprint density at radius 1 is 1.04 bits per heavy atom. The second-order valence-electron chi connectivity index (χ2n) is 6.06. The maximum atomic E-state index is 12.9. The third-order valence-electron chi connectivity index (χ3n) is 4.54.